The molecule has 3 nitrogen and oxygen atoms in total. The molecule has 0 aromatic heterocycles. The number of hydrogen-bond acceptors (Lipinski definition) is 2. The Balaban J connectivity index is 1.40. The molecule has 3 aliphatic rings. The Hall–Kier alpha value is -0.570. The minimum Gasteiger partial charge on any atom is -0.352 e. The maximum Gasteiger partial charge on any atom is 0.237 e. The smallest absolute Gasteiger partial charge is 0.237 e. The van der Waals surface area contributed by atoms with Crippen LogP contribution in [0.25, 0.3) is 0 Å². The molecule has 1 amide bonds. The molecule has 0 radical (unpaired) electrons. The van der Waals surface area contributed by atoms with E-state index in [9.17, 15) is 4.79 Å². The lowest BCUT2D eigenvalue weighted by Gasteiger charge is -2.41. The summed E-state index contributed by atoms with van der Waals surface area (Å²) < 4.78 is 0. The Labute approximate surface area is 174 Å². The zero-order valence-electron chi connectivity index (χ0n) is 19.0. The van der Waals surface area contributed by atoms with Gasteiger partial charge in [-0.2, -0.15) is 0 Å². The summed E-state index contributed by atoms with van der Waals surface area (Å²) in [6.07, 6.45) is 19.7. The summed E-state index contributed by atoms with van der Waals surface area (Å²) in [4.78, 5) is 12.9. The van der Waals surface area contributed by atoms with Gasteiger partial charge in [0.1, 0.15) is 0 Å². The first-order valence-corrected chi connectivity index (χ1v) is 12.4. The first-order valence-electron chi connectivity index (χ1n) is 12.4. The van der Waals surface area contributed by atoms with E-state index < -0.39 is 0 Å². The Morgan fingerprint density at radius 2 is 1.50 bits per heavy atom. The number of hydrogen-bond donors (Lipinski definition) is 2. The molecular weight excluding hydrogens is 344 g/mol. The Morgan fingerprint density at radius 3 is 2.04 bits per heavy atom. The Morgan fingerprint density at radius 1 is 0.893 bits per heavy atom. The number of amides is 1. The zero-order valence-corrected chi connectivity index (χ0v) is 19.0. The van der Waals surface area contributed by atoms with E-state index in [0.717, 1.165) is 18.9 Å². The van der Waals surface area contributed by atoms with Gasteiger partial charge in [0.15, 0.2) is 0 Å². The van der Waals surface area contributed by atoms with Crippen molar-refractivity contribution in [3.63, 3.8) is 0 Å². The molecule has 28 heavy (non-hydrogen) atoms. The van der Waals surface area contributed by atoms with E-state index in [1.807, 2.05) is 0 Å². The fourth-order valence-corrected chi connectivity index (χ4v) is 6.14. The van der Waals surface area contributed by atoms with Gasteiger partial charge in [0, 0.05) is 12.6 Å². The van der Waals surface area contributed by atoms with Crippen LogP contribution in [0.3, 0.4) is 0 Å². The highest BCUT2D eigenvalue weighted by Crippen LogP contribution is 2.40. The van der Waals surface area contributed by atoms with Gasteiger partial charge >= 0.3 is 0 Å². The van der Waals surface area contributed by atoms with Gasteiger partial charge in [0.05, 0.1) is 6.04 Å². The largest absolute Gasteiger partial charge is 0.352 e. The second kappa shape index (κ2) is 9.96. The zero-order chi connectivity index (χ0) is 20.0. The highest BCUT2D eigenvalue weighted by atomic mass is 16.2. The molecule has 0 aromatic rings. The van der Waals surface area contributed by atoms with Gasteiger partial charge in [-0.25, -0.2) is 0 Å². The molecule has 2 saturated carbocycles. The van der Waals surface area contributed by atoms with E-state index in [0.29, 0.717) is 16.9 Å². The Bertz CT molecular complexity index is 467. The van der Waals surface area contributed by atoms with Crippen LogP contribution in [0.15, 0.2) is 0 Å². The fourth-order valence-electron chi connectivity index (χ4n) is 6.14. The van der Waals surface area contributed by atoms with Gasteiger partial charge in [-0.15, -0.1) is 0 Å². The van der Waals surface area contributed by atoms with E-state index in [1.54, 1.807) is 0 Å². The molecular formula is C25H46N2O. The maximum atomic E-state index is 12.9. The number of carbonyl (C=O) groups is 1. The van der Waals surface area contributed by atoms with Crippen molar-refractivity contribution in [3.8, 4) is 0 Å². The van der Waals surface area contributed by atoms with Crippen LogP contribution in [0.1, 0.15) is 117 Å². The highest BCUT2D eigenvalue weighted by molar-refractivity contribution is 5.82. The average molecular weight is 391 g/mol. The van der Waals surface area contributed by atoms with Crippen molar-refractivity contribution in [2.24, 2.45) is 16.7 Å². The third-order valence-electron chi connectivity index (χ3n) is 7.76. The minimum atomic E-state index is 0.0468. The van der Waals surface area contributed by atoms with Crippen molar-refractivity contribution in [3.05, 3.63) is 0 Å². The van der Waals surface area contributed by atoms with E-state index in [-0.39, 0.29) is 11.9 Å². The summed E-state index contributed by atoms with van der Waals surface area (Å²) in [6.45, 7) is 8.10. The van der Waals surface area contributed by atoms with Crippen LogP contribution in [0, 0.1) is 16.7 Å². The predicted molar refractivity (Wildman–Crippen MR) is 118 cm³/mol. The third kappa shape index (κ3) is 6.75. The van der Waals surface area contributed by atoms with Crippen LogP contribution in [0.4, 0.5) is 0 Å². The molecule has 2 aliphatic carbocycles. The van der Waals surface area contributed by atoms with E-state index in [1.165, 1.54) is 89.9 Å². The van der Waals surface area contributed by atoms with Crippen molar-refractivity contribution in [2.45, 2.75) is 129 Å². The fraction of sp³-hybridized carbons (Fsp3) is 0.960. The van der Waals surface area contributed by atoms with Crippen LogP contribution in [-0.2, 0) is 4.79 Å². The lowest BCUT2D eigenvalue weighted by molar-refractivity contribution is -0.125. The van der Waals surface area contributed by atoms with Crippen molar-refractivity contribution in [2.75, 3.05) is 6.54 Å². The van der Waals surface area contributed by atoms with Gasteiger partial charge in [0.25, 0.3) is 0 Å². The maximum absolute atomic E-state index is 12.9. The topological polar surface area (TPSA) is 41.1 Å². The van der Waals surface area contributed by atoms with E-state index >= 15 is 0 Å². The first kappa shape index (κ1) is 22.1. The van der Waals surface area contributed by atoms with Crippen LogP contribution >= 0.6 is 0 Å². The second-order valence-corrected chi connectivity index (χ2v) is 11.6. The van der Waals surface area contributed by atoms with Gasteiger partial charge in [-0.05, 0) is 74.5 Å². The number of nitrogens with one attached hydrogen (secondary N) is 2. The molecule has 3 rings (SSSR count). The van der Waals surface area contributed by atoms with Gasteiger partial charge in [0.2, 0.25) is 5.91 Å². The predicted octanol–water partition coefficient (Wildman–Crippen LogP) is 5.97. The van der Waals surface area contributed by atoms with Gasteiger partial charge in [-0.1, -0.05) is 59.3 Å². The lowest BCUT2D eigenvalue weighted by atomic mass is 9.72. The summed E-state index contributed by atoms with van der Waals surface area (Å²) in [5, 5.41) is 7.06. The lowest BCUT2D eigenvalue weighted by Crippen LogP contribution is -2.54. The third-order valence-corrected chi connectivity index (χ3v) is 7.76. The summed E-state index contributed by atoms with van der Waals surface area (Å²) >= 11 is 0. The summed E-state index contributed by atoms with van der Waals surface area (Å²) in [5.41, 5.74) is 0.908. The first-order chi connectivity index (χ1) is 13.4. The molecule has 1 aliphatic heterocycles. The van der Waals surface area contributed by atoms with Crippen LogP contribution < -0.4 is 10.6 Å². The average Bonchev–Trinajstić information content (AvgIpc) is 2.75. The Kier molecular flexibility index (Phi) is 7.87. The standard InChI is InChI=1S/C25H46N2O/c1-24(2,3)18-20-10-12-21(13-11-20)27-23(28)22-14-17-25(19-26-22)15-8-6-4-5-7-9-16-25/h20-22,26H,4-19H2,1-3H3,(H,27,28)/t20-,21-,22?. The molecule has 1 heterocycles. The second-order valence-electron chi connectivity index (χ2n) is 11.6. The van der Waals surface area contributed by atoms with Crippen LogP contribution in [-0.4, -0.2) is 24.5 Å². The molecule has 1 spiro atoms. The van der Waals surface area contributed by atoms with Crippen molar-refractivity contribution in [1.82, 2.24) is 10.6 Å². The molecule has 1 saturated heterocycles. The quantitative estimate of drug-likeness (QED) is 0.623. The molecule has 0 aromatic carbocycles. The molecule has 1 atom stereocenters. The molecule has 0 bridgehead atoms. The monoisotopic (exact) mass is 390 g/mol. The van der Waals surface area contributed by atoms with Crippen molar-refractivity contribution >= 4 is 5.91 Å². The van der Waals surface area contributed by atoms with Gasteiger partial charge in [-0.3, -0.25) is 4.79 Å². The molecule has 3 heteroatoms. The normalized spacial score (nSPS) is 32.2. The van der Waals surface area contributed by atoms with E-state index in [4.69, 9.17) is 0 Å². The SMILES string of the molecule is CC(C)(C)C[C@H]1CC[C@H](NC(=O)C2CCC3(CCCCCCCC3)CN2)CC1. The minimum absolute atomic E-state index is 0.0468. The molecule has 162 valence electrons. The van der Waals surface area contributed by atoms with Crippen LogP contribution in [0.2, 0.25) is 0 Å². The molecule has 1 unspecified atom stereocenters. The number of rotatable bonds is 3. The van der Waals surface area contributed by atoms with Crippen molar-refractivity contribution in [1.29, 1.82) is 0 Å². The number of piperidine rings is 1. The summed E-state index contributed by atoms with van der Waals surface area (Å²) in [5.74, 6) is 1.13. The molecule has 3 fully saturated rings. The molecule has 2 N–H and O–H groups in total. The van der Waals surface area contributed by atoms with Gasteiger partial charge < -0.3 is 10.6 Å². The summed E-state index contributed by atoms with van der Waals surface area (Å²) in [7, 11) is 0. The highest BCUT2D eigenvalue weighted by Gasteiger charge is 2.37. The number of carbonyl (C=O) groups excluding carboxylic acids is 1. The van der Waals surface area contributed by atoms with Crippen molar-refractivity contribution < 1.29 is 4.79 Å². The van der Waals surface area contributed by atoms with Crippen LogP contribution in [0.5, 0.6) is 0 Å². The van der Waals surface area contributed by atoms with E-state index in [2.05, 4.69) is 31.4 Å². The summed E-state index contributed by atoms with van der Waals surface area (Å²) in [6, 6.07) is 0.455.